The number of hydrogen-bond acceptors (Lipinski definition) is 6. The van der Waals surface area contributed by atoms with Crippen molar-refractivity contribution in [1.29, 1.82) is 0 Å². The molecule has 1 aliphatic heterocycles. The summed E-state index contributed by atoms with van der Waals surface area (Å²) in [4.78, 5) is 39.2. The monoisotopic (exact) mass is 444 g/mol. The van der Waals surface area contributed by atoms with E-state index in [2.05, 4.69) is 28.4 Å². The zero-order valence-electron chi connectivity index (χ0n) is 18.5. The molecule has 0 unspecified atom stereocenters. The Morgan fingerprint density at radius 3 is 2.18 bits per heavy atom. The van der Waals surface area contributed by atoms with Gasteiger partial charge in [0.1, 0.15) is 0 Å². The minimum atomic E-state index is -0.623. The van der Waals surface area contributed by atoms with E-state index in [1.165, 1.54) is 43.5 Å². The SMILES string of the molecule is COC(=O)c1ccc(C(=O)OC)c(NC(=O)c2ccc(N3CCc4ccccc4C3)cc2)c1. The van der Waals surface area contributed by atoms with E-state index in [9.17, 15) is 14.4 Å². The van der Waals surface area contributed by atoms with Crippen LogP contribution in [0.4, 0.5) is 11.4 Å². The van der Waals surface area contributed by atoms with Crippen LogP contribution in [0.25, 0.3) is 0 Å². The molecule has 0 spiro atoms. The van der Waals surface area contributed by atoms with E-state index in [4.69, 9.17) is 9.47 Å². The first-order valence-electron chi connectivity index (χ1n) is 10.5. The number of hydrogen-bond donors (Lipinski definition) is 1. The Hall–Kier alpha value is -4.13. The van der Waals surface area contributed by atoms with Crippen molar-refractivity contribution in [3.8, 4) is 0 Å². The molecule has 3 aromatic carbocycles. The third-order valence-electron chi connectivity index (χ3n) is 5.72. The van der Waals surface area contributed by atoms with E-state index in [1.54, 1.807) is 12.1 Å². The van der Waals surface area contributed by atoms with Gasteiger partial charge in [-0.3, -0.25) is 4.79 Å². The lowest BCUT2D eigenvalue weighted by molar-refractivity contribution is 0.0587. The zero-order valence-corrected chi connectivity index (χ0v) is 18.5. The maximum Gasteiger partial charge on any atom is 0.339 e. The van der Waals surface area contributed by atoms with Crippen LogP contribution in [0.3, 0.4) is 0 Å². The molecule has 3 aromatic rings. The van der Waals surface area contributed by atoms with Gasteiger partial charge in [-0.1, -0.05) is 24.3 Å². The molecule has 0 bridgehead atoms. The summed E-state index contributed by atoms with van der Waals surface area (Å²) in [6, 6.07) is 20.0. The van der Waals surface area contributed by atoms with Crippen molar-refractivity contribution in [2.24, 2.45) is 0 Å². The highest BCUT2D eigenvalue weighted by Crippen LogP contribution is 2.25. The van der Waals surface area contributed by atoms with E-state index in [0.29, 0.717) is 5.56 Å². The predicted molar refractivity (Wildman–Crippen MR) is 125 cm³/mol. The van der Waals surface area contributed by atoms with E-state index in [1.807, 2.05) is 18.2 Å². The van der Waals surface area contributed by atoms with Gasteiger partial charge >= 0.3 is 11.9 Å². The number of esters is 2. The van der Waals surface area contributed by atoms with Crippen LogP contribution in [0.15, 0.2) is 66.7 Å². The highest BCUT2D eigenvalue weighted by Gasteiger charge is 2.19. The lowest BCUT2D eigenvalue weighted by Gasteiger charge is -2.30. The zero-order chi connectivity index (χ0) is 23.4. The van der Waals surface area contributed by atoms with Crippen LogP contribution >= 0.6 is 0 Å². The third-order valence-corrected chi connectivity index (χ3v) is 5.72. The molecule has 0 saturated heterocycles. The van der Waals surface area contributed by atoms with Crippen LogP contribution in [0, 0.1) is 0 Å². The maximum atomic E-state index is 12.9. The summed E-state index contributed by atoms with van der Waals surface area (Å²) in [5, 5.41) is 2.71. The van der Waals surface area contributed by atoms with Gasteiger partial charge in [0.2, 0.25) is 0 Å². The molecule has 1 heterocycles. The molecule has 4 rings (SSSR count). The van der Waals surface area contributed by atoms with Gasteiger partial charge in [-0.15, -0.1) is 0 Å². The molecule has 1 aliphatic rings. The van der Waals surface area contributed by atoms with Gasteiger partial charge in [-0.25, -0.2) is 9.59 Å². The second-order valence-corrected chi connectivity index (χ2v) is 7.68. The number of fused-ring (bicyclic) bond motifs is 1. The Kier molecular flexibility index (Phi) is 6.40. The average molecular weight is 444 g/mol. The minimum Gasteiger partial charge on any atom is -0.465 e. The van der Waals surface area contributed by atoms with E-state index < -0.39 is 17.8 Å². The molecule has 1 amide bonds. The molecule has 168 valence electrons. The van der Waals surface area contributed by atoms with Gasteiger partial charge in [-0.05, 0) is 60.0 Å². The molecular weight excluding hydrogens is 420 g/mol. The summed E-state index contributed by atoms with van der Waals surface area (Å²) in [6.45, 7) is 1.73. The fraction of sp³-hybridized carbons (Fsp3) is 0.192. The highest BCUT2D eigenvalue weighted by molar-refractivity contribution is 6.09. The van der Waals surface area contributed by atoms with Crippen molar-refractivity contribution >= 4 is 29.2 Å². The van der Waals surface area contributed by atoms with Gasteiger partial charge < -0.3 is 19.7 Å². The predicted octanol–water partition coefficient (Wildman–Crippen LogP) is 4.07. The molecule has 0 fully saturated rings. The normalized spacial score (nSPS) is 12.5. The number of nitrogens with zero attached hydrogens (tertiary/aromatic N) is 1. The van der Waals surface area contributed by atoms with Gasteiger partial charge in [0, 0.05) is 24.3 Å². The topological polar surface area (TPSA) is 84.9 Å². The van der Waals surface area contributed by atoms with Crippen molar-refractivity contribution in [1.82, 2.24) is 0 Å². The van der Waals surface area contributed by atoms with Crippen LogP contribution in [0.1, 0.15) is 42.2 Å². The lowest BCUT2D eigenvalue weighted by Crippen LogP contribution is -2.30. The first-order valence-corrected chi connectivity index (χ1v) is 10.5. The summed E-state index contributed by atoms with van der Waals surface area (Å²) in [5.41, 5.74) is 4.67. The van der Waals surface area contributed by atoms with Crippen molar-refractivity contribution in [2.75, 3.05) is 31.0 Å². The van der Waals surface area contributed by atoms with Gasteiger partial charge in [0.15, 0.2) is 0 Å². The van der Waals surface area contributed by atoms with E-state index in [0.717, 1.165) is 25.2 Å². The number of anilines is 2. The summed E-state index contributed by atoms with van der Waals surface area (Å²) in [7, 11) is 2.51. The van der Waals surface area contributed by atoms with Crippen molar-refractivity contribution < 1.29 is 23.9 Å². The number of benzene rings is 3. The summed E-state index contributed by atoms with van der Waals surface area (Å²) < 4.78 is 9.51. The van der Waals surface area contributed by atoms with Crippen LogP contribution in [0.2, 0.25) is 0 Å². The summed E-state index contributed by atoms with van der Waals surface area (Å²) in [6.07, 6.45) is 0.977. The van der Waals surface area contributed by atoms with E-state index >= 15 is 0 Å². The third kappa shape index (κ3) is 4.72. The second-order valence-electron chi connectivity index (χ2n) is 7.68. The van der Waals surface area contributed by atoms with E-state index in [-0.39, 0.29) is 16.8 Å². The second kappa shape index (κ2) is 9.56. The number of carbonyl (C=O) groups excluding carboxylic acids is 3. The van der Waals surface area contributed by atoms with Crippen molar-refractivity contribution in [3.05, 3.63) is 94.5 Å². The molecule has 33 heavy (non-hydrogen) atoms. The first kappa shape index (κ1) is 22.1. The largest absolute Gasteiger partial charge is 0.465 e. The number of nitrogens with one attached hydrogen (secondary N) is 1. The number of amides is 1. The molecule has 0 aliphatic carbocycles. The number of carbonyl (C=O) groups is 3. The van der Waals surface area contributed by atoms with Gasteiger partial charge in [-0.2, -0.15) is 0 Å². The maximum absolute atomic E-state index is 12.9. The molecular formula is C26H24N2O5. The Bertz CT molecular complexity index is 1200. The first-order chi connectivity index (χ1) is 16.0. The van der Waals surface area contributed by atoms with Crippen LogP contribution in [-0.4, -0.2) is 38.6 Å². The Labute approximate surface area is 191 Å². The van der Waals surface area contributed by atoms with Crippen LogP contribution in [0.5, 0.6) is 0 Å². The highest BCUT2D eigenvalue weighted by atomic mass is 16.5. The molecule has 7 heteroatoms. The Morgan fingerprint density at radius 2 is 1.48 bits per heavy atom. The molecule has 0 saturated carbocycles. The smallest absolute Gasteiger partial charge is 0.339 e. The summed E-state index contributed by atoms with van der Waals surface area (Å²) >= 11 is 0. The quantitative estimate of drug-likeness (QED) is 0.597. The average Bonchev–Trinajstić information content (AvgIpc) is 2.87. The lowest BCUT2D eigenvalue weighted by atomic mass is 9.99. The minimum absolute atomic E-state index is 0.141. The Balaban J connectivity index is 1.52. The number of ether oxygens (including phenoxy) is 2. The standard InChI is InChI=1S/C26H24N2O5/c1-32-25(30)19-9-12-22(26(31)33-2)23(15-19)27-24(29)18-7-10-21(11-8-18)28-14-13-17-5-3-4-6-20(17)16-28/h3-12,15H,13-14,16H2,1-2H3,(H,27,29). The molecule has 0 radical (unpaired) electrons. The van der Waals surface area contributed by atoms with Gasteiger partial charge in [0.05, 0.1) is 31.0 Å². The number of rotatable bonds is 5. The molecule has 0 atom stereocenters. The number of methoxy groups -OCH3 is 2. The molecule has 7 nitrogen and oxygen atoms in total. The van der Waals surface area contributed by atoms with Crippen LogP contribution < -0.4 is 10.2 Å². The molecule has 0 aromatic heterocycles. The fourth-order valence-electron chi connectivity index (χ4n) is 3.91. The van der Waals surface area contributed by atoms with Crippen molar-refractivity contribution in [3.63, 3.8) is 0 Å². The van der Waals surface area contributed by atoms with Crippen molar-refractivity contribution in [2.45, 2.75) is 13.0 Å². The van der Waals surface area contributed by atoms with Crippen LogP contribution in [-0.2, 0) is 22.4 Å². The Morgan fingerprint density at radius 1 is 0.818 bits per heavy atom. The van der Waals surface area contributed by atoms with Gasteiger partial charge in [0.25, 0.3) is 5.91 Å². The molecule has 1 N–H and O–H groups in total. The fourth-order valence-corrected chi connectivity index (χ4v) is 3.91. The summed E-state index contributed by atoms with van der Waals surface area (Å²) in [5.74, 6) is -1.60.